The van der Waals surface area contributed by atoms with E-state index in [9.17, 15) is 20.1 Å². The van der Waals surface area contributed by atoms with Crippen molar-refractivity contribution in [2.45, 2.75) is 327 Å². The Morgan fingerprint density at radius 1 is 0.403 bits per heavy atom. The first-order valence-electron chi connectivity index (χ1n) is 28.1. The standard InChI is InChI=1S/C57H111NO4/c1-3-5-7-9-11-13-15-17-19-21-23-25-27-28-30-32-34-36-38-40-42-44-46-48-50-52-56(61)58-54(53-59)57(62)55(60)51-49-47-45-43-41-39-37-35-33-31-29-26-24-22-20-18-16-14-12-10-8-6-4-2/h23,25,28,30,54-55,57,59-60,62H,3-22,24,26-27,29,31-53H2,1-2H3,(H,58,61)/b25-23-,30-28-. The maximum atomic E-state index is 12.5. The highest BCUT2D eigenvalue weighted by Gasteiger charge is 2.26. The Morgan fingerprint density at radius 2 is 0.694 bits per heavy atom. The van der Waals surface area contributed by atoms with Crippen molar-refractivity contribution in [1.29, 1.82) is 0 Å². The maximum absolute atomic E-state index is 12.5. The first-order valence-corrected chi connectivity index (χ1v) is 28.1. The highest BCUT2D eigenvalue weighted by Crippen LogP contribution is 2.18. The third kappa shape index (κ3) is 46.8. The summed E-state index contributed by atoms with van der Waals surface area (Å²) in [5.41, 5.74) is 0. The lowest BCUT2D eigenvalue weighted by atomic mass is 9.99. The number of carbonyl (C=O) groups excluding carboxylic acids is 1. The Kier molecular flexibility index (Phi) is 51.5. The van der Waals surface area contributed by atoms with Crippen LogP contribution in [0.5, 0.6) is 0 Å². The van der Waals surface area contributed by atoms with E-state index in [-0.39, 0.29) is 12.5 Å². The molecule has 0 saturated heterocycles. The maximum Gasteiger partial charge on any atom is 0.220 e. The zero-order valence-electron chi connectivity index (χ0n) is 42.0. The van der Waals surface area contributed by atoms with Crippen LogP contribution in [-0.2, 0) is 4.79 Å². The number of aliphatic hydroxyl groups excluding tert-OH is 3. The molecule has 1 amide bonds. The molecule has 4 N–H and O–H groups in total. The van der Waals surface area contributed by atoms with Gasteiger partial charge in [-0.3, -0.25) is 4.79 Å². The number of aliphatic hydroxyl groups is 3. The van der Waals surface area contributed by atoms with Crippen molar-refractivity contribution in [3.8, 4) is 0 Å². The molecule has 5 heteroatoms. The van der Waals surface area contributed by atoms with Crippen LogP contribution in [-0.4, -0.2) is 46.1 Å². The summed E-state index contributed by atoms with van der Waals surface area (Å²) in [6, 6.07) is -0.812. The molecule has 0 rings (SSSR count). The number of amides is 1. The van der Waals surface area contributed by atoms with Crippen LogP contribution >= 0.6 is 0 Å². The lowest BCUT2D eigenvalue weighted by Gasteiger charge is -2.26. The SMILES string of the molecule is CCCCCCCCCCC/C=C\C/C=C\CCCCCCCCCCCC(=O)NC(CO)C(O)C(O)CCCCCCCCCCCCCCCCCCCCCCCCC. The van der Waals surface area contributed by atoms with Crippen LogP contribution in [0.4, 0.5) is 0 Å². The number of rotatable bonds is 52. The second-order valence-corrected chi connectivity index (χ2v) is 19.5. The molecule has 62 heavy (non-hydrogen) atoms. The summed E-state index contributed by atoms with van der Waals surface area (Å²) >= 11 is 0. The van der Waals surface area contributed by atoms with E-state index in [1.165, 1.54) is 238 Å². The molecule has 368 valence electrons. The van der Waals surface area contributed by atoms with Gasteiger partial charge in [-0.05, 0) is 44.9 Å². The molecule has 0 aromatic heterocycles. The second kappa shape index (κ2) is 52.5. The van der Waals surface area contributed by atoms with Gasteiger partial charge in [0.2, 0.25) is 5.91 Å². The molecule has 0 radical (unpaired) electrons. The predicted molar refractivity (Wildman–Crippen MR) is 273 cm³/mol. The van der Waals surface area contributed by atoms with Crippen LogP contribution in [0.1, 0.15) is 309 Å². The zero-order valence-corrected chi connectivity index (χ0v) is 42.0. The molecule has 0 aliphatic rings. The summed E-state index contributed by atoms with van der Waals surface area (Å²) in [6.07, 6.45) is 66.1. The van der Waals surface area contributed by atoms with Crippen LogP contribution in [0.15, 0.2) is 24.3 Å². The topological polar surface area (TPSA) is 89.8 Å². The van der Waals surface area contributed by atoms with E-state index < -0.39 is 18.2 Å². The summed E-state index contributed by atoms with van der Waals surface area (Å²) < 4.78 is 0. The first kappa shape index (κ1) is 60.8. The highest BCUT2D eigenvalue weighted by atomic mass is 16.3. The molecule has 0 aromatic carbocycles. The Hall–Kier alpha value is -1.17. The van der Waals surface area contributed by atoms with Crippen LogP contribution in [0.3, 0.4) is 0 Å². The van der Waals surface area contributed by atoms with E-state index in [0.29, 0.717) is 12.8 Å². The summed E-state index contributed by atoms with van der Waals surface area (Å²) in [6.45, 7) is 4.21. The molecule has 0 fully saturated rings. The van der Waals surface area contributed by atoms with Crippen molar-refractivity contribution in [2.75, 3.05) is 6.61 Å². The molecule has 0 spiro atoms. The molecule has 3 atom stereocenters. The summed E-state index contributed by atoms with van der Waals surface area (Å²) in [5.74, 6) is -0.144. The van der Waals surface area contributed by atoms with Crippen LogP contribution < -0.4 is 5.32 Å². The van der Waals surface area contributed by atoms with Gasteiger partial charge in [0.05, 0.1) is 18.8 Å². The average Bonchev–Trinajstić information content (AvgIpc) is 3.28. The lowest BCUT2D eigenvalue weighted by molar-refractivity contribution is -0.124. The molecule has 0 aliphatic heterocycles. The minimum absolute atomic E-state index is 0.144. The van der Waals surface area contributed by atoms with Gasteiger partial charge in [-0.15, -0.1) is 0 Å². The Balaban J connectivity index is 3.55. The van der Waals surface area contributed by atoms with Gasteiger partial charge in [-0.1, -0.05) is 282 Å². The third-order valence-electron chi connectivity index (χ3n) is 13.3. The van der Waals surface area contributed by atoms with Gasteiger partial charge >= 0.3 is 0 Å². The second-order valence-electron chi connectivity index (χ2n) is 19.5. The Labute approximate surface area is 388 Å². The van der Waals surface area contributed by atoms with Crippen molar-refractivity contribution in [1.82, 2.24) is 5.32 Å². The molecule has 3 unspecified atom stereocenters. The van der Waals surface area contributed by atoms with Crippen LogP contribution in [0, 0.1) is 0 Å². The van der Waals surface area contributed by atoms with E-state index in [1.54, 1.807) is 0 Å². The average molecular weight is 875 g/mol. The Bertz CT molecular complexity index is 920. The number of carbonyl (C=O) groups is 1. The number of hydrogen-bond acceptors (Lipinski definition) is 4. The van der Waals surface area contributed by atoms with E-state index in [2.05, 4.69) is 43.5 Å². The smallest absolute Gasteiger partial charge is 0.220 e. The Morgan fingerprint density at radius 3 is 1.02 bits per heavy atom. The minimum Gasteiger partial charge on any atom is -0.394 e. The van der Waals surface area contributed by atoms with Gasteiger partial charge < -0.3 is 20.6 Å². The fourth-order valence-electron chi connectivity index (χ4n) is 8.96. The molecular formula is C57H111NO4. The normalized spacial score (nSPS) is 13.4. The lowest BCUT2D eigenvalue weighted by Crippen LogP contribution is -2.50. The monoisotopic (exact) mass is 874 g/mol. The minimum atomic E-state index is -1.14. The van der Waals surface area contributed by atoms with Crippen molar-refractivity contribution in [3.63, 3.8) is 0 Å². The van der Waals surface area contributed by atoms with Gasteiger partial charge in [0, 0.05) is 6.42 Å². The number of nitrogens with one attached hydrogen (secondary N) is 1. The van der Waals surface area contributed by atoms with Crippen LogP contribution in [0.2, 0.25) is 0 Å². The molecule has 5 nitrogen and oxygen atoms in total. The van der Waals surface area contributed by atoms with E-state index in [4.69, 9.17) is 0 Å². The van der Waals surface area contributed by atoms with Gasteiger partial charge in [0.15, 0.2) is 0 Å². The molecule has 0 aromatic rings. The van der Waals surface area contributed by atoms with Crippen LogP contribution in [0.25, 0.3) is 0 Å². The summed E-state index contributed by atoms with van der Waals surface area (Å²) in [7, 11) is 0. The van der Waals surface area contributed by atoms with Crippen molar-refractivity contribution in [2.24, 2.45) is 0 Å². The summed E-state index contributed by atoms with van der Waals surface area (Å²) in [4.78, 5) is 12.5. The molecular weight excluding hydrogens is 763 g/mol. The van der Waals surface area contributed by atoms with Crippen molar-refractivity contribution in [3.05, 3.63) is 24.3 Å². The van der Waals surface area contributed by atoms with E-state index in [0.717, 1.165) is 44.9 Å². The predicted octanol–water partition coefficient (Wildman–Crippen LogP) is 17.3. The number of unbranched alkanes of at least 4 members (excludes halogenated alkanes) is 40. The molecule has 0 bridgehead atoms. The molecule has 0 aliphatic carbocycles. The third-order valence-corrected chi connectivity index (χ3v) is 13.3. The van der Waals surface area contributed by atoms with Gasteiger partial charge in [-0.2, -0.15) is 0 Å². The van der Waals surface area contributed by atoms with Crippen molar-refractivity contribution >= 4 is 5.91 Å². The molecule has 0 saturated carbocycles. The quantitative estimate of drug-likeness (QED) is 0.0362. The van der Waals surface area contributed by atoms with Gasteiger partial charge in [-0.25, -0.2) is 0 Å². The highest BCUT2D eigenvalue weighted by molar-refractivity contribution is 5.76. The number of allylic oxidation sites excluding steroid dienone is 4. The van der Waals surface area contributed by atoms with Crippen molar-refractivity contribution < 1.29 is 20.1 Å². The largest absolute Gasteiger partial charge is 0.394 e. The summed E-state index contributed by atoms with van der Waals surface area (Å²) in [5, 5.41) is 33.8. The fourth-order valence-corrected chi connectivity index (χ4v) is 8.96. The fraction of sp³-hybridized carbons (Fsp3) is 0.912. The van der Waals surface area contributed by atoms with E-state index >= 15 is 0 Å². The first-order chi connectivity index (χ1) is 30.6. The molecule has 0 heterocycles. The van der Waals surface area contributed by atoms with Gasteiger partial charge in [0.1, 0.15) is 6.10 Å². The van der Waals surface area contributed by atoms with Gasteiger partial charge in [0.25, 0.3) is 0 Å². The van der Waals surface area contributed by atoms with E-state index in [1.807, 2.05) is 0 Å². The zero-order chi connectivity index (χ0) is 45.1. The number of hydrogen-bond donors (Lipinski definition) is 4.